The molecule has 0 aliphatic rings. The number of hydrogen-bond donors (Lipinski definition) is 0. The van der Waals surface area contributed by atoms with Crippen LogP contribution in [0.5, 0.6) is 0 Å². The summed E-state index contributed by atoms with van der Waals surface area (Å²) in [5.41, 5.74) is 2.74. The average Bonchev–Trinajstić information content (AvgIpc) is 1.95. The zero-order valence-electron chi connectivity index (χ0n) is 6.39. The molecular weight excluding hydrogens is 139 g/mol. The van der Waals surface area contributed by atoms with Gasteiger partial charge in [0, 0.05) is 5.30 Å². The molecule has 0 fully saturated rings. The zero-order chi connectivity index (χ0) is 7.56. The fraction of sp³-hybridized carbons (Fsp3) is 0.222. The molecule has 1 heteroatoms. The molecule has 0 radical (unpaired) electrons. The largest absolute Gasteiger partial charge is 0.0981 e. The number of hydrogen-bond acceptors (Lipinski definition) is 0. The van der Waals surface area contributed by atoms with Gasteiger partial charge in [-0.1, -0.05) is 20.8 Å². The van der Waals surface area contributed by atoms with Crippen LogP contribution in [0.4, 0.5) is 0 Å². The van der Waals surface area contributed by atoms with Crippen molar-refractivity contribution in [1.29, 1.82) is 0 Å². The third-order valence-corrected chi connectivity index (χ3v) is 2.73. The van der Waals surface area contributed by atoms with Crippen LogP contribution in [0.3, 0.4) is 0 Å². The van der Waals surface area contributed by atoms with Crippen LogP contribution in [-0.4, -0.2) is 0 Å². The van der Waals surface area contributed by atoms with E-state index in [0.717, 1.165) is 0 Å². The molecule has 0 nitrogen and oxygen atoms in total. The highest BCUT2D eigenvalue weighted by molar-refractivity contribution is 7.30. The Morgan fingerprint density at radius 2 is 2.10 bits per heavy atom. The predicted molar refractivity (Wildman–Crippen MR) is 48.5 cm³/mol. The molecule has 0 aromatic carbocycles. The summed E-state index contributed by atoms with van der Waals surface area (Å²) in [6.45, 7) is 7.99. The van der Waals surface area contributed by atoms with Crippen molar-refractivity contribution in [2.75, 3.05) is 0 Å². The van der Waals surface area contributed by atoms with E-state index >= 15 is 0 Å². The summed E-state index contributed by atoms with van der Waals surface area (Å²) < 4.78 is 0. The van der Waals surface area contributed by atoms with Crippen LogP contribution < -0.4 is 0 Å². The van der Waals surface area contributed by atoms with Gasteiger partial charge in [0.25, 0.3) is 0 Å². The Morgan fingerprint density at radius 1 is 1.40 bits per heavy atom. The van der Waals surface area contributed by atoms with E-state index in [0.29, 0.717) is 0 Å². The molecular formula is C9H11P. The van der Waals surface area contributed by atoms with Crippen molar-refractivity contribution >= 4 is 14.3 Å². The van der Waals surface area contributed by atoms with E-state index in [2.05, 4.69) is 32.3 Å². The van der Waals surface area contributed by atoms with Gasteiger partial charge < -0.3 is 0 Å². The second kappa shape index (κ2) is 2.98. The number of aryl methyl sites for hydroxylation is 2. The van der Waals surface area contributed by atoms with Gasteiger partial charge in [-0.25, -0.2) is 0 Å². The fourth-order valence-electron chi connectivity index (χ4n) is 0.758. The maximum Gasteiger partial charge on any atom is 0.00146 e. The van der Waals surface area contributed by atoms with E-state index in [1.54, 1.807) is 0 Å². The van der Waals surface area contributed by atoms with Crippen molar-refractivity contribution in [3.05, 3.63) is 34.9 Å². The fourth-order valence-corrected chi connectivity index (χ4v) is 1.68. The molecule has 0 aliphatic heterocycles. The third-order valence-electron chi connectivity index (χ3n) is 1.60. The highest BCUT2D eigenvalue weighted by atomic mass is 31.0. The van der Waals surface area contributed by atoms with E-state index in [1.165, 1.54) is 24.6 Å². The van der Waals surface area contributed by atoms with Crippen LogP contribution in [0, 0.1) is 13.8 Å². The molecule has 1 heterocycles. The third kappa shape index (κ3) is 1.46. The van der Waals surface area contributed by atoms with E-state index in [-0.39, 0.29) is 0 Å². The highest BCUT2D eigenvalue weighted by Gasteiger charge is 1.91. The molecule has 10 heavy (non-hydrogen) atoms. The molecule has 0 saturated heterocycles. The summed E-state index contributed by atoms with van der Waals surface area (Å²) in [6, 6.07) is 2.18. The summed E-state index contributed by atoms with van der Waals surface area (Å²) in [5.74, 6) is 2.21. The van der Waals surface area contributed by atoms with E-state index < -0.39 is 0 Å². The lowest BCUT2D eigenvalue weighted by atomic mass is 10.2. The van der Waals surface area contributed by atoms with Crippen molar-refractivity contribution in [3.63, 3.8) is 0 Å². The van der Waals surface area contributed by atoms with E-state index in [4.69, 9.17) is 0 Å². The van der Waals surface area contributed by atoms with Crippen molar-refractivity contribution in [1.82, 2.24) is 0 Å². The first-order chi connectivity index (χ1) is 4.74. The standard InChI is InChI=1S/C9H11P/c1-4-9-5-7(2)8(3)6-10-9/h4-6H,1H2,2-3H3. The molecule has 0 atom stereocenters. The van der Waals surface area contributed by atoms with Crippen molar-refractivity contribution in [3.8, 4) is 0 Å². The molecule has 0 unspecified atom stereocenters. The van der Waals surface area contributed by atoms with Crippen LogP contribution in [0.1, 0.15) is 16.4 Å². The van der Waals surface area contributed by atoms with Crippen molar-refractivity contribution in [2.45, 2.75) is 13.8 Å². The second-order valence-electron chi connectivity index (χ2n) is 2.40. The highest BCUT2D eigenvalue weighted by Crippen LogP contribution is 2.20. The van der Waals surface area contributed by atoms with Gasteiger partial charge in [0.1, 0.15) is 0 Å². The van der Waals surface area contributed by atoms with Gasteiger partial charge in [-0.3, -0.25) is 0 Å². The minimum absolute atomic E-state index is 1.28. The van der Waals surface area contributed by atoms with Crippen molar-refractivity contribution in [2.24, 2.45) is 0 Å². The minimum Gasteiger partial charge on any atom is -0.0981 e. The summed E-state index contributed by atoms with van der Waals surface area (Å²) >= 11 is 0. The van der Waals surface area contributed by atoms with Crippen LogP contribution in [0.2, 0.25) is 0 Å². The van der Waals surface area contributed by atoms with Gasteiger partial charge in [0.15, 0.2) is 0 Å². The van der Waals surface area contributed by atoms with Gasteiger partial charge in [0.05, 0.1) is 0 Å². The van der Waals surface area contributed by atoms with Crippen LogP contribution in [0.25, 0.3) is 6.08 Å². The lowest BCUT2D eigenvalue weighted by Crippen LogP contribution is -1.76. The summed E-state index contributed by atoms with van der Waals surface area (Å²) in [6.07, 6.45) is 1.91. The predicted octanol–water partition coefficient (Wildman–Crippen LogP) is 3.53. The first-order valence-corrected chi connectivity index (χ1v) is 4.26. The molecule has 1 aromatic rings. The zero-order valence-corrected chi connectivity index (χ0v) is 7.28. The SMILES string of the molecule is C=Cc1cc(C)c(C)cp1. The first kappa shape index (κ1) is 7.50. The van der Waals surface area contributed by atoms with Gasteiger partial charge in [-0.15, -0.1) is 0 Å². The summed E-state index contributed by atoms with van der Waals surface area (Å²) in [5, 5.41) is 1.29. The Morgan fingerprint density at radius 3 is 2.60 bits per heavy atom. The van der Waals surface area contributed by atoms with E-state index in [1.807, 2.05) is 6.08 Å². The molecule has 0 saturated carbocycles. The van der Waals surface area contributed by atoms with Crippen molar-refractivity contribution < 1.29 is 0 Å². The topological polar surface area (TPSA) is 0 Å². The maximum atomic E-state index is 3.73. The Labute approximate surface area is 63.7 Å². The van der Waals surface area contributed by atoms with Gasteiger partial charge in [-0.2, -0.15) is 0 Å². The van der Waals surface area contributed by atoms with Crippen LogP contribution in [0.15, 0.2) is 18.4 Å². The lowest BCUT2D eigenvalue weighted by molar-refractivity contribution is 1.37. The molecule has 0 spiro atoms. The summed E-state index contributed by atoms with van der Waals surface area (Å²) in [7, 11) is 1.28. The number of rotatable bonds is 1. The first-order valence-electron chi connectivity index (χ1n) is 3.29. The minimum atomic E-state index is 1.28. The second-order valence-corrected chi connectivity index (χ2v) is 3.43. The van der Waals surface area contributed by atoms with Gasteiger partial charge >= 0.3 is 0 Å². The lowest BCUT2D eigenvalue weighted by Gasteiger charge is -1.98. The Balaban J connectivity index is 3.16. The molecule has 52 valence electrons. The summed E-state index contributed by atoms with van der Waals surface area (Å²) in [4.78, 5) is 0. The average molecular weight is 150 g/mol. The molecule has 0 amide bonds. The normalized spacial score (nSPS) is 10.2. The van der Waals surface area contributed by atoms with E-state index in [9.17, 15) is 0 Å². The monoisotopic (exact) mass is 150 g/mol. The smallest absolute Gasteiger partial charge is 0.00146 e. The molecule has 1 rings (SSSR count). The Hall–Kier alpha value is -0.610. The van der Waals surface area contributed by atoms with Crippen LogP contribution in [-0.2, 0) is 0 Å². The molecule has 1 aromatic heterocycles. The van der Waals surface area contributed by atoms with Crippen LogP contribution >= 0.6 is 8.19 Å². The maximum absolute atomic E-state index is 3.73. The molecule has 0 aliphatic carbocycles. The quantitative estimate of drug-likeness (QED) is 0.574. The molecule has 0 bridgehead atoms. The Bertz CT molecular complexity index is 251. The van der Waals surface area contributed by atoms with Gasteiger partial charge in [0.2, 0.25) is 0 Å². The Kier molecular flexibility index (Phi) is 2.24. The van der Waals surface area contributed by atoms with Gasteiger partial charge in [-0.05, 0) is 36.8 Å². The molecule has 0 N–H and O–H groups in total.